The van der Waals surface area contributed by atoms with E-state index in [4.69, 9.17) is 78.2 Å². The number of halogens is 8. The molecule has 0 amide bonds. The Bertz CT molecular complexity index is 4490. The van der Waals surface area contributed by atoms with Crippen LogP contribution in [0, 0.1) is 89.9 Å². The summed E-state index contributed by atoms with van der Waals surface area (Å²) < 4.78 is 273. The number of aliphatic hydroxyl groups excluding tert-OH is 2. The molecule has 51 heteroatoms. The van der Waals surface area contributed by atoms with E-state index in [9.17, 15) is 99.4 Å². The van der Waals surface area contributed by atoms with Gasteiger partial charge in [0.05, 0.1) is 109 Å². The monoisotopic (exact) mass is 2180 g/mol. The Hall–Kier alpha value is -4.46. The first-order valence-electron chi connectivity index (χ1n) is 45.3. The molecule has 4 unspecified atom stereocenters. The zero-order valence-electron chi connectivity index (χ0n) is 88.3. The predicted octanol–water partition coefficient (Wildman–Crippen LogP) is 14.0. The van der Waals surface area contributed by atoms with Crippen molar-refractivity contribution >= 4 is 127 Å². The standard InChI is InChI=1S/C32H76O9Si7.C22H18F8O10S2.C20H38O8.C14H26O6.Na/c1-21-32(4,28-31(2,3)29(33)35-24-22-26-44(11,12)37-42(5,6)7)30(34)36-25-23-27-45(13,14)39-47(17,18)41-48(19,20)40-46(15,16)38-43(8,9)10;1-5-22(4,20(32)40-16-9(25)13(29)18(42(36,37)38)14(30)10(16)26)6-21(2,3)19(31)39-15-7(23)11(27)17(41(33,34)35)12(28)8(15)24;1-7-20(4,18(22)28-15-13-26-11-9-24-6)16-19(2,3)17(21)27-14-12-25-10-8-23-5;1-5-14(4,12(18)20-9-7-16)10-13(2,3)11(17)19-8-6-15;/h21-28H2,1-20H3;5-6H2,1-4H3,(H,33,34,35)(H,36,37,38);7-16H2,1-6H3;15-16H,5-10H2,1-4H3;/q;;;;+1/p-2. The van der Waals surface area contributed by atoms with E-state index >= 15 is 0 Å². The minimum Gasteiger partial charge on any atom is -0.744 e. The van der Waals surface area contributed by atoms with Crippen LogP contribution in [0.25, 0.3) is 0 Å². The molecule has 0 bridgehead atoms. The van der Waals surface area contributed by atoms with Crippen molar-refractivity contribution in [2.45, 2.75) is 302 Å². The van der Waals surface area contributed by atoms with Gasteiger partial charge in [-0.1, -0.05) is 27.7 Å². The third kappa shape index (κ3) is 48.8. The van der Waals surface area contributed by atoms with Gasteiger partial charge in [-0.2, -0.15) is 17.6 Å². The van der Waals surface area contributed by atoms with Crippen LogP contribution in [0.2, 0.25) is 117 Å². The minimum atomic E-state index is -6.09. The number of carbonyl (C=O) groups excluding carboxylic acids is 8. The van der Waals surface area contributed by atoms with Crippen molar-refractivity contribution < 1.29 is 217 Å². The molecule has 33 nitrogen and oxygen atoms in total. The normalized spacial score (nSPS) is 14.5. The number of benzene rings is 2. The van der Waals surface area contributed by atoms with E-state index in [2.05, 4.69) is 114 Å². The third-order valence-corrected chi connectivity index (χ3v) is 47.2. The summed E-state index contributed by atoms with van der Waals surface area (Å²) in [6.07, 6.45) is 2.81. The molecule has 2 aromatic rings. The number of carbonyl (C=O) groups is 8. The zero-order chi connectivity index (χ0) is 108. The topological polar surface area (TPSA) is 448 Å². The molecule has 0 saturated heterocycles. The van der Waals surface area contributed by atoms with Gasteiger partial charge in [-0.25, -0.2) is 34.4 Å². The third-order valence-electron chi connectivity index (χ3n) is 21.3. The van der Waals surface area contributed by atoms with E-state index in [1.165, 1.54) is 6.92 Å². The number of esters is 8. The molecule has 0 fully saturated rings. The van der Waals surface area contributed by atoms with Crippen molar-refractivity contribution in [3.05, 3.63) is 46.5 Å². The maximum atomic E-state index is 14.3. The van der Waals surface area contributed by atoms with Gasteiger partial charge >= 0.3 is 103 Å². The van der Waals surface area contributed by atoms with E-state index in [1.807, 2.05) is 48.5 Å². The Morgan fingerprint density at radius 3 is 0.820 bits per heavy atom. The van der Waals surface area contributed by atoms with Gasteiger partial charge in [0.15, 0.2) is 56.5 Å². The number of hydrogen-bond donors (Lipinski definition) is 2. The van der Waals surface area contributed by atoms with Crippen LogP contribution in [0.15, 0.2) is 9.79 Å². The molecule has 0 aromatic heterocycles. The molecule has 0 aliphatic rings. The van der Waals surface area contributed by atoms with Crippen molar-refractivity contribution in [1.29, 1.82) is 0 Å². The molecule has 0 heterocycles. The smallest absolute Gasteiger partial charge is 0.744 e. The molecule has 804 valence electrons. The Morgan fingerprint density at radius 1 is 0.309 bits per heavy atom. The van der Waals surface area contributed by atoms with Crippen LogP contribution in [-0.2, 0) is 127 Å². The molecule has 0 aliphatic carbocycles. The zero-order valence-corrected chi connectivity index (χ0v) is 98.9. The second kappa shape index (κ2) is 58.3. The average Bonchev–Trinajstić information content (AvgIpc) is 0.763. The molecular weight excluding hydrogens is 2020 g/mol. The summed E-state index contributed by atoms with van der Waals surface area (Å²) in [5.74, 6) is -31.0. The van der Waals surface area contributed by atoms with Gasteiger partial charge in [0.1, 0.15) is 56.5 Å². The molecule has 0 radical (unpaired) electrons. The van der Waals surface area contributed by atoms with Gasteiger partial charge in [-0.05, 0) is 264 Å². The number of hydrogen-bond acceptors (Lipinski definition) is 33. The molecule has 2 aromatic carbocycles. The molecule has 0 spiro atoms. The average molecular weight is 2180 g/mol. The van der Waals surface area contributed by atoms with Crippen molar-refractivity contribution in [2.24, 2.45) is 43.3 Å². The van der Waals surface area contributed by atoms with Crippen LogP contribution in [0.5, 0.6) is 11.5 Å². The van der Waals surface area contributed by atoms with E-state index in [-0.39, 0.29) is 99.5 Å². The van der Waals surface area contributed by atoms with Crippen molar-refractivity contribution in [1.82, 2.24) is 0 Å². The number of aliphatic hydroxyl groups is 2. The number of ether oxygens (including phenoxy) is 12. The minimum absolute atomic E-state index is 0. The summed E-state index contributed by atoms with van der Waals surface area (Å²) in [6, 6.07) is 1.79. The fourth-order valence-corrected chi connectivity index (χ4v) is 48.0. The summed E-state index contributed by atoms with van der Waals surface area (Å²) in [4.78, 5) is 95.9. The molecule has 0 aliphatic heterocycles. The number of methoxy groups -OCH3 is 2. The second-order valence-corrected chi connectivity index (χ2v) is 73.2. The molecule has 4 atom stereocenters. The molecule has 139 heavy (non-hydrogen) atoms. The summed E-state index contributed by atoms with van der Waals surface area (Å²) in [6.45, 7) is 63.4. The van der Waals surface area contributed by atoms with Gasteiger partial charge in [-0.15, -0.1) is 0 Å². The Labute approximate surface area is 847 Å². The first-order valence-corrected chi connectivity index (χ1v) is 69.6. The number of rotatable bonds is 58. The van der Waals surface area contributed by atoms with Crippen LogP contribution in [0.3, 0.4) is 0 Å². The van der Waals surface area contributed by atoms with E-state index < -0.39 is 227 Å². The molecule has 0 saturated carbocycles. The summed E-state index contributed by atoms with van der Waals surface area (Å²) in [5.41, 5.74) is -9.13. The Kier molecular flexibility index (Phi) is 58.2. The summed E-state index contributed by atoms with van der Waals surface area (Å²) in [5, 5.41) is 17.4. The van der Waals surface area contributed by atoms with Gasteiger partial charge < -0.3 is 96.7 Å². The van der Waals surface area contributed by atoms with Crippen LogP contribution in [0.4, 0.5) is 35.1 Å². The largest absolute Gasteiger partial charge is 1.00 e. The van der Waals surface area contributed by atoms with Crippen molar-refractivity contribution in [3.8, 4) is 11.5 Å². The SMILES string of the molecule is CCC(C)(CC(C)(C)C(=O)OCCC[Si](C)(C)O[Si](C)(C)C)C(=O)OCCC[Si](C)(C)O[Si](C)(C)O[Si](C)(C)O[Si](C)(C)O[Si](C)(C)C.CCC(C)(CC(C)(C)C(=O)OCCO)C(=O)OCCO.CCC(C)(CC(C)(C)C(=O)OCCOCCOC)C(=O)OCCOCCOC.CCC(C)(CC(C)(C)C(=O)Oc1c(F)c(F)c(S(=O)(=O)[O-])c(F)c1F)C(=O)Oc1c(F)c(F)c(S(=O)(=O)[O-])c(F)c1F.[Na+]. The van der Waals surface area contributed by atoms with Crippen LogP contribution in [0.1, 0.15) is 175 Å². The van der Waals surface area contributed by atoms with Gasteiger partial charge in [0, 0.05) is 14.2 Å². The van der Waals surface area contributed by atoms with E-state index in [1.54, 1.807) is 48.8 Å². The van der Waals surface area contributed by atoms with Crippen molar-refractivity contribution in [3.63, 3.8) is 0 Å². The van der Waals surface area contributed by atoms with Gasteiger partial charge in [0.25, 0.3) is 0 Å². The van der Waals surface area contributed by atoms with E-state index in [0.29, 0.717) is 91.4 Å². The fraction of sp³-hybridized carbons (Fsp3) is 0.773. The molecular formula is C88H156F8NaO33S2Si7-. The van der Waals surface area contributed by atoms with Crippen molar-refractivity contribution in [2.75, 3.05) is 107 Å². The Balaban J connectivity index is -0.00000185. The first kappa shape index (κ1) is 139. The summed E-state index contributed by atoms with van der Waals surface area (Å²) >= 11 is 0. The molecule has 2 N–H and O–H groups in total. The van der Waals surface area contributed by atoms with Crippen LogP contribution in [-0.4, -0.2) is 250 Å². The first-order chi connectivity index (χ1) is 62.3. The van der Waals surface area contributed by atoms with Gasteiger partial charge in [-0.3, -0.25) is 38.4 Å². The second-order valence-electron chi connectivity index (χ2n) is 41.5. The fourth-order valence-electron chi connectivity index (χ4n) is 15.0. The molecule has 2 rings (SSSR count). The van der Waals surface area contributed by atoms with E-state index in [0.717, 1.165) is 39.3 Å². The quantitative estimate of drug-likeness (QED) is 0.00907. The maximum absolute atomic E-state index is 14.3. The Morgan fingerprint density at radius 2 is 0.540 bits per heavy atom. The maximum Gasteiger partial charge on any atom is 1.00 e. The van der Waals surface area contributed by atoms with Crippen LogP contribution < -0.4 is 39.0 Å². The summed E-state index contributed by atoms with van der Waals surface area (Å²) in [7, 11) is -23.5. The predicted molar refractivity (Wildman–Crippen MR) is 511 cm³/mol. The van der Waals surface area contributed by atoms with Crippen LogP contribution >= 0.6 is 0 Å². The van der Waals surface area contributed by atoms with Gasteiger partial charge in [0.2, 0.25) is 34.8 Å².